The van der Waals surface area contributed by atoms with Crippen LogP contribution in [0.1, 0.15) is 23.2 Å². The van der Waals surface area contributed by atoms with Crippen LogP contribution in [0.25, 0.3) is 11.1 Å². The fourth-order valence-corrected chi connectivity index (χ4v) is 3.08. The molecule has 2 N–H and O–H groups in total. The topological polar surface area (TPSA) is 45.1 Å². The molecule has 0 aliphatic rings. The van der Waals surface area contributed by atoms with Crippen molar-refractivity contribution in [3.8, 4) is 23.0 Å². The number of aromatic nitrogens is 1. The van der Waals surface area contributed by atoms with Crippen LogP contribution in [-0.4, -0.2) is 29.8 Å². The summed E-state index contributed by atoms with van der Waals surface area (Å²) in [5.74, 6) is 6.36. The zero-order valence-electron chi connectivity index (χ0n) is 16.4. The molecule has 3 rings (SSSR count). The summed E-state index contributed by atoms with van der Waals surface area (Å²) in [4.78, 5) is 4.45. The third-order valence-electron chi connectivity index (χ3n) is 4.60. The average Bonchev–Trinajstić information content (AvgIpc) is 2.76. The Labute approximate surface area is 177 Å². The Morgan fingerprint density at radius 1 is 0.828 bits per heavy atom. The summed E-state index contributed by atoms with van der Waals surface area (Å²) in [5.41, 5.74) is 5.52. The van der Waals surface area contributed by atoms with Crippen LogP contribution in [0, 0.1) is 11.8 Å². The number of nitrogens with one attached hydrogen (secondary N) is 1. The van der Waals surface area contributed by atoms with Crippen molar-refractivity contribution in [1.82, 2.24) is 10.3 Å². The van der Waals surface area contributed by atoms with Gasteiger partial charge >= 0.3 is 0 Å². The summed E-state index contributed by atoms with van der Waals surface area (Å²) in [6.45, 7) is 1.71. The van der Waals surface area contributed by atoms with Crippen LogP contribution in [0.3, 0.4) is 0 Å². The lowest BCUT2D eigenvalue weighted by molar-refractivity contribution is 0.293. The molecule has 148 valence electrons. The number of rotatable bonds is 8. The molecule has 0 saturated carbocycles. The lowest BCUT2D eigenvalue weighted by atomic mass is 10.1. The van der Waals surface area contributed by atoms with Crippen molar-refractivity contribution in [3.63, 3.8) is 0 Å². The highest BCUT2D eigenvalue weighted by molar-refractivity contribution is 6.30. The molecule has 0 fully saturated rings. The van der Waals surface area contributed by atoms with Gasteiger partial charge in [0, 0.05) is 29.7 Å². The van der Waals surface area contributed by atoms with Gasteiger partial charge in [-0.1, -0.05) is 60.0 Å². The molecule has 4 heteroatoms. The molecule has 1 heterocycles. The van der Waals surface area contributed by atoms with E-state index in [0.29, 0.717) is 6.54 Å². The van der Waals surface area contributed by atoms with E-state index in [0.717, 1.165) is 47.7 Å². The normalized spacial score (nSPS) is 10.4. The first kappa shape index (κ1) is 21.1. The molecule has 1 aromatic heterocycles. The van der Waals surface area contributed by atoms with E-state index < -0.39 is 0 Å². The van der Waals surface area contributed by atoms with E-state index in [1.165, 1.54) is 11.1 Å². The van der Waals surface area contributed by atoms with Crippen molar-refractivity contribution in [2.75, 3.05) is 19.7 Å². The Balaban J connectivity index is 1.47. The highest BCUT2D eigenvalue weighted by atomic mass is 35.5. The minimum atomic E-state index is 0.183. The van der Waals surface area contributed by atoms with Gasteiger partial charge in [-0.2, -0.15) is 0 Å². The summed E-state index contributed by atoms with van der Waals surface area (Å²) in [6.07, 6.45) is 4.55. The maximum absolute atomic E-state index is 8.76. The second kappa shape index (κ2) is 11.4. The molecule has 0 aliphatic heterocycles. The number of hydrogen-bond donors (Lipinski definition) is 2. The molecule has 2 aromatic carbocycles. The lowest BCUT2D eigenvalue weighted by Crippen LogP contribution is -2.20. The predicted molar refractivity (Wildman–Crippen MR) is 120 cm³/mol. The van der Waals surface area contributed by atoms with Gasteiger partial charge in [-0.3, -0.25) is 0 Å². The molecule has 29 heavy (non-hydrogen) atoms. The Bertz CT molecular complexity index is 939. The summed E-state index contributed by atoms with van der Waals surface area (Å²) < 4.78 is 0. The zero-order chi connectivity index (χ0) is 20.3. The molecule has 0 amide bonds. The molecule has 0 unspecified atom stereocenters. The van der Waals surface area contributed by atoms with Crippen molar-refractivity contribution in [2.45, 2.75) is 19.3 Å². The van der Waals surface area contributed by atoms with Crippen LogP contribution in [0.15, 0.2) is 66.9 Å². The van der Waals surface area contributed by atoms with Crippen molar-refractivity contribution in [2.24, 2.45) is 0 Å². The van der Waals surface area contributed by atoms with Gasteiger partial charge in [0.15, 0.2) is 0 Å². The van der Waals surface area contributed by atoms with Crippen molar-refractivity contribution in [1.29, 1.82) is 0 Å². The van der Waals surface area contributed by atoms with E-state index in [1.54, 1.807) is 0 Å². The first-order valence-corrected chi connectivity index (χ1v) is 10.2. The number of aryl methyl sites for hydroxylation is 1. The van der Waals surface area contributed by atoms with Crippen LogP contribution in [0.5, 0.6) is 0 Å². The third kappa shape index (κ3) is 7.03. The van der Waals surface area contributed by atoms with Crippen LogP contribution < -0.4 is 5.32 Å². The number of halogens is 1. The molecule has 0 radical (unpaired) electrons. The molecule has 0 saturated heterocycles. The number of aliphatic hydroxyl groups excluding tert-OH is 1. The van der Waals surface area contributed by atoms with Crippen molar-refractivity contribution in [3.05, 3.63) is 88.7 Å². The van der Waals surface area contributed by atoms with Crippen LogP contribution in [0.4, 0.5) is 0 Å². The van der Waals surface area contributed by atoms with Gasteiger partial charge < -0.3 is 10.4 Å². The highest BCUT2D eigenvalue weighted by Crippen LogP contribution is 2.20. The minimum Gasteiger partial charge on any atom is -0.395 e. The van der Waals surface area contributed by atoms with Gasteiger partial charge in [0.05, 0.1) is 6.61 Å². The Kier molecular flexibility index (Phi) is 8.27. The van der Waals surface area contributed by atoms with E-state index in [4.69, 9.17) is 16.7 Å². The molecule has 3 nitrogen and oxygen atoms in total. The first-order valence-electron chi connectivity index (χ1n) is 9.85. The number of hydrogen-bond acceptors (Lipinski definition) is 3. The maximum atomic E-state index is 8.76. The van der Waals surface area contributed by atoms with E-state index in [1.807, 2.05) is 42.6 Å². The first-order chi connectivity index (χ1) is 14.2. The SMILES string of the molecule is OCCNCCc1ccc(CCC#Cc2ccc(-c3ccc(Cl)cc3)cn2)cc1. The van der Waals surface area contributed by atoms with E-state index >= 15 is 0 Å². The van der Waals surface area contributed by atoms with Crippen molar-refractivity contribution < 1.29 is 5.11 Å². The molecule has 0 atom stereocenters. The van der Waals surface area contributed by atoms with Crippen LogP contribution in [-0.2, 0) is 12.8 Å². The lowest BCUT2D eigenvalue weighted by Gasteiger charge is -2.04. The quantitative estimate of drug-likeness (QED) is 0.429. The van der Waals surface area contributed by atoms with E-state index in [2.05, 4.69) is 46.4 Å². The summed E-state index contributed by atoms with van der Waals surface area (Å²) >= 11 is 5.93. The van der Waals surface area contributed by atoms with Crippen LogP contribution in [0.2, 0.25) is 5.02 Å². The fraction of sp³-hybridized carbons (Fsp3) is 0.240. The Morgan fingerprint density at radius 3 is 2.17 bits per heavy atom. The summed E-state index contributed by atoms with van der Waals surface area (Å²) in [7, 11) is 0. The standard InChI is InChI=1S/C25H25ClN2O/c26-24-12-9-22(10-13-24)23-11-14-25(28-19-23)4-2-1-3-20-5-7-21(8-6-20)15-16-27-17-18-29/h5-14,19,27,29H,1,3,15-18H2. The molecular weight excluding hydrogens is 380 g/mol. The van der Waals surface area contributed by atoms with Gasteiger partial charge in [-0.25, -0.2) is 4.98 Å². The van der Waals surface area contributed by atoms with Gasteiger partial charge in [0.2, 0.25) is 0 Å². The largest absolute Gasteiger partial charge is 0.395 e. The molecule has 0 spiro atoms. The Morgan fingerprint density at radius 2 is 1.52 bits per heavy atom. The number of benzene rings is 2. The molecule has 3 aromatic rings. The highest BCUT2D eigenvalue weighted by Gasteiger charge is 1.99. The predicted octanol–water partition coefficient (Wildman–Crippen LogP) is 4.51. The van der Waals surface area contributed by atoms with Crippen molar-refractivity contribution >= 4 is 11.6 Å². The van der Waals surface area contributed by atoms with E-state index in [-0.39, 0.29) is 6.61 Å². The van der Waals surface area contributed by atoms with Crippen LogP contribution >= 0.6 is 11.6 Å². The average molecular weight is 405 g/mol. The van der Waals surface area contributed by atoms with Gasteiger partial charge in [0.25, 0.3) is 0 Å². The number of pyridine rings is 1. The number of nitrogens with zero attached hydrogens (tertiary/aromatic N) is 1. The van der Waals surface area contributed by atoms with Gasteiger partial charge in [0.1, 0.15) is 5.69 Å². The van der Waals surface area contributed by atoms with Gasteiger partial charge in [-0.05, 0) is 60.2 Å². The van der Waals surface area contributed by atoms with E-state index in [9.17, 15) is 0 Å². The second-order valence-corrected chi connectivity index (χ2v) is 7.22. The fourth-order valence-electron chi connectivity index (χ4n) is 2.95. The summed E-state index contributed by atoms with van der Waals surface area (Å²) in [6, 6.07) is 20.4. The zero-order valence-corrected chi connectivity index (χ0v) is 17.1. The monoisotopic (exact) mass is 404 g/mol. The minimum absolute atomic E-state index is 0.183. The molecular formula is C25H25ClN2O. The Hall–Kier alpha value is -2.64. The maximum Gasteiger partial charge on any atom is 0.113 e. The van der Waals surface area contributed by atoms with Gasteiger partial charge in [-0.15, -0.1) is 0 Å². The molecule has 0 aliphatic carbocycles. The molecule has 0 bridgehead atoms. The third-order valence-corrected chi connectivity index (χ3v) is 4.85. The number of aliphatic hydroxyl groups is 1. The summed E-state index contributed by atoms with van der Waals surface area (Å²) in [5, 5.41) is 12.7. The second-order valence-electron chi connectivity index (χ2n) is 6.78. The smallest absolute Gasteiger partial charge is 0.113 e.